The van der Waals surface area contributed by atoms with E-state index in [0.29, 0.717) is 17.6 Å². The lowest BCUT2D eigenvalue weighted by Gasteiger charge is -2.27. The third-order valence-corrected chi connectivity index (χ3v) is 4.66. The second kappa shape index (κ2) is 8.10. The second-order valence-corrected chi connectivity index (χ2v) is 6.49. The fourth-order valence-corrected chi connectivity index (χ4v) is 3.03. The van der Waals surface area contributed by atoms with Gasteiger partial charge in [-0.2, -0.15) is 0 Å². The molecule has 2 rings (SSSR count). The molecule has 1 heterocycles. The minimum Gasteiger partial charge on any atom is -0.458 e. The van der Waals surface area contributed by atoms with E-state index in [1.54, 1.807) is 19.9 Å². The zero-order valence-electron chi connectivity index (χ0n) is 14.9. The maximum Gasteiger partial charge on any atom is 0.334 e. The van der Waals surface area contributed by atoms with Gasteiger partial charge in [0.15, 0.2) is 0 Å². The Bertz CT molecular complexity index is 680. The number of esters is 2. The van der Waals surface area contributed by atoms with Crippen molar-refractivity contribution in [2.75, 3.05) is 0 Å². The zero-order valence-corrected chi connectivity index (χ0v) is 14.9. The second-order valence-electron chi connectivity index (χ2n) is 6.49. The summed E-state index contributed by atoms with van der Waals surface area (Å²) in [5.41, 5.74) is 2.34. The molecule has 0 N–H and O–H groups in total. The van der Waals surface area contributed by atoms with Crippen LogP contribution in [0, 0.1) is 5.92 Å². The van der Waals surface area contributed by atoms with Crippen molar-refractivity contribution in [1.82, 2.24) is 0 Å². The van der Waals surface area contributed by atoms with Crippen molar-refractivity contribution < 1.29 is 23.9 Å². The number of hydrogen-bond acceptors (Lipinski definition) is 5. The first-order chi connectivity index (χ1) is 11.9. The lowest BCUT2D eigenvalue weighted by atomic mass is 9.85. The number of carbonyl (C=O) groups is 3. The Morgan fingerprint density at radius 3 is 2.80 bits per heavy atom. The van der Waals surface area contributed by atoms with E-state index in [1.807, 2.05) is 19.1 Å². The Labute approximate surface area is 148 Å². The molecule has 0 bridgehead atoms. The Morgan fingerprint density at radius 1 is 1.44 bits per heavy atom. The van der Waals surface area contributed by atoms with Crippen molar-refractivity contribution in [1.29, 1.82) is 0 Å². The Hall–Kier alpha value is -2.43. The highest BCUT2D eigenvalue weighted by molar-refractivity contribution is 5.92. The van der Waals surface area contributed by atoms with Gasteiger partial charge in [-0.3, -0.25) is 4.79 Å². The monoisotopic (exact) mass is 344 g/mol. The SMILES string of the molecule is C=C1C(=O)O[C@@H]2/C=C(\C)CC/C=C(/C=O)C[C@@H](OC(=O)/C(C)=C/C)[C@@H]12. The van der Waals surface area contributed by atoms with Crippen molar-refractivity contribution in [3.8, 4) is 0 Å². The smallest absolute Gasteiger partial charge is 0.334 e. The Morgan fingerprint density at radius 2 is 2.16 bits per heavy atom. The molecule has 0 aromatic heterocycles. The highest BCUT2D eigenvalue weighted by atomic mass is 16.6. The van der Waals surface area contributed by atoms with Gasteiger partial charge in [0.05, 0.1) is 5.92 Å². The molecule has 134 valence electrons. The highest BCUT2D eigenvalue weighted by Crippen LogP contribution is 2.36. The molecular weight excluding hydrogens is 320 g/mol. The standard InChI is InChI=1S/C20H24O5/c1-5-13(3)19(22)24-17-10-15(11-21)8-6-7-12(2)9-16-18(17)14(4)20(23)25-16/h5,8-9,11,16-18H,4,6-7,10H2,1-3H3/b12-9+,13-5+,15-8+/t16-,17-,18+/m1/s1. The summed E-state index contributed by atoms with van der Waals surface area (Å²) in [5, 5.41) is 0. The van der Waals surface area contributed by atoms with E-state index < -0.39 is 30.1 Å². The van der Waals surface area contributed by atoms with E-state index in [1.165, 1.54) is 0 Å². The first-order valence-corrected chi connectivity index (χ1v) is 8.42. The van der Waals surface area contributed by atoms with Crippen molar-refractivity contribution >= 4 is 18.2 Å². The van der Waals surface area contributed by atoms with Gasteiger partial charge in [0.2, 0.25) is 0 Å². The van der Waals surface area contributed by atoms with Crippen LogP contribution in [0.25, 0.3) is 0 Å². The molecule has 0 amide bonds. The van der Waals surface area contributed by atoms with Gasteiger partial charge >= 0.3 is 11.9 Å². The van der Waals surface area contributed by atoms with Crippen LogP contribution in [0.1, 0.15) is 40.0 Å². The summed E-state index contributed by atoms with van der Waals surface area (Å²) in [6.07, 6.45) is 6.67. The van der Waals surface area contributed by atoms with Crippen LogP contribution >= 0.6 is 0 Å². The van der Waals surface area contributed by atoms with Gasteiger partial charge in [-0.25, -0.2) is 9.59 Å². The summed E-state index contributed by atoms with van der Waals surface area (Å²) in [4.78, 5) is 35.7. The summed E-state index contributed by atoms with van der Waals surface area (Å²) >= 11 is 0. The predicted octanol–water partition coefficient (Wildman–Crippen LogP) is 3.22. The fourth-order valence-electron chi connectivity index (χ4n) is 3.03. The van der Waals surface area contributed by atoms with Crippen LogP contribution in [-0.4, -0.2) is 30.4 Å². The van der Waals surface area contributed by atoms with Crippen LogP contribution < -0.4 is 0 Å². The van der Waals surface area contributed by atoms with Crippen LogP contribution in [0.2, 0.25) is 0 Å². The van der Waals surface area contributed by atoms with Gasteiger partial charge < -0.3 is 9.47 Å². The first kappa shape index (κ1) is 18.9. The molecule has 0 aromatic rings. The zero-order chi connectivity index (χ0) is 18.6. The predicted molar refractivity (Wildman–Crippen MR) is 93.6 cm³/mol. The first-order valence-electron chi connectivity index (χ1n) is 8.42. The topological polar surface area (TPSA) is 69.7 Å². The molecule has 5 nitrogen and oxygen atoms in total. The molecule has 5 heteroatoms. The number of aldehydes is 1. The normalized spacial score (nSPS) is 31.8. The Kier molecular flexibility index (Phi) is 6.12. The number of fused-ring (bicyclic) bond motifs is 1. The molecule has 0 spiro atoms. The summed E-state index contributed by atoms with van der Waals surface area (Å²) < 4.78 is 11.1. The molecule has 0 unspecified atom stereocenters. The molecule has 3 atom stereocenters. The molecule has 25 heavy (non-hydrogen) atoms. The van der Waals surface area contributed by atoms with Gasteiger partial charge in [0, 0.05) is 17.6 Å². The van der Waals surface area contributed by atoms with Gasteiger partial charge in [-0.15, -0.1) is 0 Å². The van der Waals surface area contributed by atoms with E-state index in [2.05, 4.69) is 6.58 Å². The lowest BCUT2D eigenvalue weighted by Crippen LogP contribution is -2.34. The molecule has 1 aliphatic heterocycles. The van der Waals surface area contributed by atoms with Gasteiger partial charge in [0.25, 0.3) is 0 Å². The molecule has 0 radical (unpaired) electrons. The number of rotatable bonds is 3. The molecule has 0 aromatic carbocycles. The van der Waals surface area contributed by atoms with Crippen LogP contribution in [0.4, 0.5) is 0 Å². The van der Waals surface area contributed by atoms with Crippen molar-refractivity contribution in [3.05, 3.63) is 47.1 Å². The van der Waals surface area contributed by atoms with Gasteiger partial charge in [-0.1, -0.05) is 24.3 Å². The molecule has 2 aliphatic rings. The van der Waals surface area contributed by atoms with E-state index in [9.17, 15) is 14.4 Å². The summed E-state index contributed by atoms with van der Waals surface area (Å²) in [6.45, 7) is 9.18. The van der Waals surface area contributed by atoms with Gasteiger partial charge in [-0.05, 0) is 45.3 Å². The van der Waals surface area contributed by atoms with Crippen molar-refractivity contribution in [2.24, 2.45) is 5.92 Å². The largest absolute Gasteiger partial charge is 0.458 e. The molecular formula is C20H24O5. The summed E-state index contributed by atoms with van der Waals surface area (Å²) in [5.74, 6) is -1.46. The fraction of sp³-hybridized carbons (Fsp3) is 0.450. The maximum atomic E-state index is 12.3. The van der Waals surface area contributed by atoms with Crippen LogP contribution in [0.15, 0.2) is 47.1 Å². The average molecular weight is 344 g/mol. The summed E-state index contributed by atoms with van der Waals surface area (Å²) in [7, 11) is 0. The van der Waals surface area contributed by atoms with E-state index in [0.717, 1.165) is 18.3 Å². The highest BCUT2D eigenvalue weighted by Gasteiger charge is 2.44. The minimum atomic E-state index is -0.690. The lowest BCUT2D eigenvalue weighted by molar-refractivity contribution is -0.147. The van der Waals surface area contributed by atoms with E-state index in [4.69, 9.17) is 9.47 Å². The third-order valence-electron chi connectivity index (χ3n) is 4.66. The number of carbonyl (C=O) groups excluding carboxylic acids is 3. The minimum absolute atomic E-state index is 0.232. The summed E-state index contributed by atoms with van der Waals surface area (Å²) in [6, 6.07) is 0. The number of ether oxygens (including phenoxy) is 2. The van der Waals surface area contributed by atoms with Crippen LogP contribution in [0.3, 0.4) is 0 Å². The molecule has 0 saturated carbocycles. The number of allylic oxidation sites excluding steroid dienone is 3. The van der Waals surface area contributed by atoms with Crippen LogP contribution in [0.5, 0.6) is 0 Å². The Balaban J connectivity index is 2.42. The number of hydrogen-bond donors (Lipinski definition) is 0. The molecule has 1 aliphatic carbocycles. The van der Waals surface area contributed by atoms with Crippen molar-refractivity contribution in [2.45, 2.75) is 52.2 Å². The van der Waals surface area contributed by atoms with Crippen molar-refractivity contribution in [3.63, 3.8) is 0 Å². The molecule has 1 saturated heterocycles. The third kappa shape index (κ3) is 4.35. The molecule has 1 fully saturated rings. The van der Waals surface area contributed by atoms with Gasteiger partial charge in [0.1, 0.15) is 18.5 Å². The van der Waals surface area contributed by atoms with E-state index in [-0.39, 0.29) is 12.0 Å². The quantitative estimate of drug-likeness (QED) is 0.340. The van der Waals surface area contributed by atoms with Crippen LogP contribution in [-0.2, 0) is 23.9 Å². The van der Waals surface area contributed by atoms with E-state index >= 15 is 0 Å². The average Bonchev–Trinajstić information content (AvgIpc) is 2.85. The maximum absolute atomic E-state index is 12.3.